The Balaban J connectivity index is 2.89. The molecule has 112 valence electrons. The Morgan fingerprint density at radius 1 is 1.25 bits per heavy atom. The van der Waals surface area contributed by atoms with Gasteiger partial charge in [-0.05, 0) is 30.9 Å². The largest absolute Gasteiger partial charge is 0.370 e. The first-order valence-electron chi connectivity index (χ1n) is 7.43. The van der Waals surface area contributed by atoms with Gasteiger partial charge in [-0.1, -0.05) is 27.7 Å². The van der Waals surface area contributed by atoms with Crippen molar-refractivity contribution in [2.75, 3.05) is 25.0 Å². The third-order valence-electron chi connectivity index (χ3n) is 2.82. The van der Waals surface area contributed by atoms with Crippen LogP contribution in [0.4, 0.5) is 5.82 Å². The van der Waals surface area contributed by atoms with Gasteiger partial charge in [0.25, 0.3) is 5.91 Å². The number of nitrogens with one attached hydrogen (secondary N) is 1. The highest BCUT2D eigenvalue weighted by Crippen LogP contribution is 2.13. The first-order chi connectivity index (χ1) is 9.43. The Bertz CT molecular complexity index is 419. The lowest BCUT2D eigenvalue weighted by atomic mass is 10.1. The summed E-state index contributed by atoms with van der Waals surface area (Å²) in [5, 5.41) is 3.14. The van der Waals surface area contributed by atoms with E-state index in [1.165, 1.54) is 0 Å². The van der Waals surface area contributed by atoms with Crippen LogP contribution in [-0.4, -0.2) is 35.4 Å². The molecule has 0 aliphatic rings. The number of carbonyl (C=O) groups excluding carboxylic acids is 1. The lowest BCUT2D eigenvalue weighted by Gasteiger charge is -2.26. The second-order valence-corrected chi connectivity index (χ2v) is 5.96. The summed E-state index contributed by atoms with van der Waals surface area (Å²) in [5.74, 6) is 1.78. The maximum absolute atomic E-state index is 12.6. The Hall–Kier alpha value is -1.58. The summed E-state index contributed by atoms with van der Waals surface area (Å²) in [5.41, 5.74) is 0.706. The van der Waals surface area contributed by atoms with Crippen molar-refractivity contribution in [3.8, 4) is 0 Å². The molecular formula is C16H27N3O. The van der Waals surface area contributed by atoms with Crippen LogP contribution in [0.15, 0.2) is 18.3 Å². The van der Waals surface area contributed by atoms with Crippen LogP contribution in [0.5, 0.6) is 0 Å². The minimum Gasteiger partial charge on any atom is -0.370 e. The highest BCUT2D eigenvalue weighted by molar-refractivity contribution is 5.94. The van der Waals surface area contributed by atoms with E-state index >= 15 is 0 Å². The summed E-state index contributed by atoms with van der Waals surface area (Å²) < 4.78 is 0. The maximum atomic E-state index is 12.6. The van der Waals surface area contributed by atoms with Gasteiger partial charge in [-0.2, -0.15) is 0 Å². The fraction of sp³-hybridized carbons (Fsp3) is 0.625. The highest BCUT2D eigenvalue weighted by atomic mass is 16.2. The number of aromatic nitrogens is 1. The fourth-order valence-corrected chi connectivity index (χ4v) is 2.15. The van der Waals surface area contributed by atoms with Gasteiger partial charge < -0.3 is 10.2 Å². The highest BCUT2D eigenvalue weighted by Gasteiger charge is 2.18. The molecule has 1 aromatic rings. The summed E-state index contributed by atoms with van der Waals surface area (Å²) in [6.07, 6.45) is 1.69. The molecule has 0 unspecified atom stereocenters. The molecule has 0 saturated carbocycles. The van der Waals surface area contributed by atoms with E-state index in [4.69, 9.17) is 0 Å². The average molecular weight is 277 g/mol. The molecule has 1 aromatic heterocycles. The van der Waals surface area contributed by atoms with Gasteiger partial charge in [0.05, 0.1) is 0 Å². The standard InChI is InChI=1S/C16H27N3O/c1-6-17-15-9-14(7-8-18-15)16(20)19(10-12(2)3)11-13(4)5/h7-9,12-13H,6,10-11H2,1-5H3,(H,17,18). The molecule has 0 aliphatic carbocycles. The number of hydrogen-bond acceptors (Lipinski definition) is 3. The number of pyridine rings is 1. The molecule has 0 atom stereocenters. The van der Waals surface area contributed by atoms with Crippen molar-refractivity contribution in [1.82, 2.24) is 9.88 Å². The van der Waals surface area contributed by atoms with Crippen LogP contribution in [0.1, 0.15) is 45.0 Å². The van der Waals surface area contributed by atoms with E-state index in [9.17, 15) is 4.79 Å². The Morgan fingerprint density at radius 3 is 2.35 bits per heavy atom. The quantitative estimate of drug-likeness (QED) is 0.832. The molecule has 4 heteroatoms. The van der Waals surface area contributed by atoms with Gasteiger partial charge >= 0.3 is 0 Å². The summed E-state index contributed by atoms with van der Waals surface area (Å²) in [4.78, 5) is 18.8. The zero-order valence-electron chi connectivity index (χ0n) is 13.3. The lowest BCUT2D eigenvalue weighted by Crippen LogP contribution is -2.37. The van der Waals surface area contributed by atoms with Gasteiger partial charge in [0, 0.05) is 31.4 Å². The minimum atomic E-state index is 0.0916. The molecule has 0 aromatic carbocycles. The monoisotopic (exact) mass is 277 g/mol. The normalized spacial score (nSPS) is 10.9. The molecule has 0 aliphatic heterocycles. The van der Waals surface area contributed by atoms with Crippen molar-refractivity contribution in [3.63, 3.8) is 0 Å². The van der Waals surface area contributed by atoms with E-state index in [1.807, 2.05) is 17.9 Å². The maximum Gasteiger partial charge on any atom is 0.254 e. The SMILES string of the molecule is CCNc1cc(C(=O)N(CC(C)C)CC(C)C)ccn1. The van der Waals surface area contributed by atoms with Gasteiger partial charge in [-0.3, -0.25) is 4.79 Å². The second kappa shape index (κ2) is 7.88. The Labute approximate surface area is 122 Å². The van der Waals surface area contributed by atoms with Gasteiger partial charge in [-0.25, -0.2) is 4.98 Å². The summed E-state index contributed by atoms with van der Waals surface area (Å²) in [7, 11) is 0. The van der Waals surface area contributed by atoms with Crippen LogP contribution in [0.25, 0.3) is 0 Å². The van der Waals surface area contributed by atoms with Crippen LogP contribution < -0.4 is 5.32 Å². The van der Waals surface area contributed by atoms with E-state index in [-0.39, 0.29) is 5.91 Å². The van der Waals surface area contributed by atoms with Crippen molar-refractivity contribution < 1.29 is 4.79 Å². The van der Waals surface area contributed by atoms with E-state index in [0.29, 0.717) is 17.4 Å². The van der Waals surface area contributed by atoms with Crippen molar-refractivity contribution in [2.24, 2.45) is 11.8 Å². The van der Waals surface area contributed by atoms with Crippen LogP contribution >= 0.6 is 0 Å². The van der Waals surface area contributed by atoms with Crippen LogP contribution in [0, 0.1) is 11.8 Å². The number of rotatable bonds is 7. The molecule has 0 radical (unpaired) electrons. The predicted molar refractivity (Wildman–Crippen MR) is 84.0 cm³/mol. The molecule has 0 bridgehead atoms. The predicted octanol–water partition coefficient (Wildman–Crippen LogP) is 3.27. The van der Waals surface area contributed by atoms with E-state index < -0.39 is 0 Å². The molecule has 0 spiro atoms. The van der Waals surface area contributed by atoms with Crippen molar-refractivity contribution in [3.05, 3.63) is 23.9 Å². The number of carbonyl (C=O) groups is 1. The molecule has 20 heavy (non-hydrogen) atoms. The van der Waals surface area contributed by atoms with Crippen molar-refractivity contribution in [1.29, 1.82) is 0 Å². The third kappa shape index (κ3) is 5.19. The van der Waals surface area contributed by atoms with E-state index in [0.717, 1.165) is 25.5 Å². The van der Waals surface area contributed by atoms with Gasteiger partial charge in [0.2, 0.25) is 0 Å². The van der Waals surface area contributed by atoms with E-state index in [2.05, 4.69) is 38.0 Å². The minimum absolute atomic E-state index is 0.0916. The zero-order chi connectivity index (χ0) is 15.1. The van der Waals surface area contributed by atoms with Crippen LogP contribution in [0.3, 0.4) is 0 Å². The molecule has 0 saturated heterocycles. The number of anilines is 1. The van der Waals surface area contributed by atoms with Crippen molar-refractivity contribution in [2.45, 2.75) is 34.6 Å². The first-order valence-corrected chi connectivity index (χ1v) is 7.43. The molecule has 1 heterocycles. The second-order valence-electron chi connectivity index (χ2n) is 5.96. The molecular weight excluding hydrogens is 250 g/mol. The lowest BCUT2D eigenvalue weighted by molar-refractivity contribution is 0.0715. The average Bonchev–Trinajstić information content (AvgIpc) is 2.37. The van der Waals surface area contributed by atoms with Gasteiger partial charge in [-0.15, -0.1) is 0 Å². The number of hydrogen-bond donors (Lipinski definition) is 1. The summed E-state index contributed by atoms with van der Waals surface area (Å²) in [6, 6.07) is 3.62. The number of amides is 1. The van der Waals surface area contributed by atoms with E-state index in [1.54, 1.807) is 12.3 Å². The summed E-state index contributed by atoms with van der Waals surface area (Å²) in [6.45, 7) is 12.9. The molecule has 0 fully saturated rings. The van der Waals surface area contributed by atoms with Gasteiger partial charge in [0.1, 0.15) is 5.82 Å². The molecule has 1 rings (SSSR count). The summed E-state index contributed by atoms with van der Waals surface area (Å²) >= 11 is 0. The van der Waals surface area contributed by atoms with Crippen molar-refractivity contribution >= 4 is 11.7 Å². The third-order valence-corrected chi connectivity index (χ3v) is 2.82. The fourth-order valence-electron chi connectivity index (χ4n) is 2.15. The first kappa shape index (κ1) is 16.5. The zero-order valence-corrected chi connectivity index (χ0v) is 13.3. The molecule has 1 N–H and O–H groups in total. The van der Waals surface area contributed by atoms with Crippen LogP contribution in [0.2, 0.25) is 0 Å². The Kier molecular flexibility index (Phi) is 6.49. The molecule has 1 amide bonds. The molecule has 4 nitrogen and oxygen atoms in total. The van der Waals surface area contributed by atoms with Gasteiger partial charge in [0.15, 0.2) is 0 Å². The smallest absolute Gasteiger partial charge is 0.254 e. The van der Waals surface area contributed by atoms with Crippen LogP contribution in [-0.2, 0) is 0 Å². The topological polar surface area (TPSA) is 45.2 Å². The number of nitrogens with zero attached hydrogens (tertiary/aromatic N) is 2. The Morgan fingerprint density at radius 2 is 1.85 bits per heavy atom.